The van der Waals surface area contributed by atoms with Gasteiger partial charge in [-0.1, -0.05) is 41.4 Å². The van der Waals surface area contributed by atoms with Crippen molar-refractivity contribution >= 4 is 45.1 Å². The molecule has 0 saturated heterocycles. The minimum absolute atomic E-state index is 0.00828. The highest BCUT2D eigenvalue weighted by molar-refractivity contribution is 7.92. The van der Waals surface area contributed by atoms with E-state index in [1.807, 2.05) is 6.92 Å². The van der Waals surface area contributed by atoms with Gasteiger partial charge in [-0.05, 0) is 78.7 Å². The van der Waals surface area contributed by atoms with E-state index in [1.54, 1.807) is 66.7 Å². The van der Waals surface area contributed by atoms with Gasteiger partial charge in [-0.3, -0.25) is 19.2 Å². The van der Waals surface area contributed by atoms with Gasteiger partial charge in [0.05, 0.1) is 26.7 Å². The number of halogens is 1. The quantitative estimate of drug-likeness (QED) is 0.139. The van der Waals surface area contributed by atoms with E-state index in [0.717, 1.165) is 15.4 Å². The number of aryl methyl sites for hydroxylation is 1. The molecule has 0 spiro atoms. The molecular formula is C29H25ClN4O6S. The summed E-state index contributed by atoms with van der Waals surface area (Å²) in [4.78, 5) is 23.1. The third kappa shape index (κ3) is 7.68. The Morgan fingerprint density at radius 2 is 1.66 bits per heavy atom. The SMILES string of the molecule is Cc1ccc(S(=O)(=O)N(CC(=O)NN=Cc2ccc(OCc3ccc([N+](=O)[O-])cc3)cc2)c2ccccc2Cl)cc1. The van der Waals surface area contributed by atoms with Crippen LogP contribution in [0.15, 0.2) is 107 Å². The van der Waals surface area contributed by atoms with Crippen LogP contribution < -0.4 is 14.5 Å². The Bertz CT molecular complexity index is 1660. The summed E-state index contributed by atoms with van der Waals surface area (Å²) in [6, 6.07) is 25.6. The molecule has 0 aliphatic heterocycles. The van der Waals surface area contributed by atoms with Gasteiger partial charge in [0.1, 0.15) is 18.9 Å². The molecule has 0 aromatic heterocycles. The van der Waals surface area contributed by atoms with Crippen molar-refractivity contribution in [3.05, 3.63) is 129 Å². The molecule has 0 fully saturated rings. The van der Waals surface area contributed by atoms with E-state index in [1.165, 1.54) is 36.5 Å². The number of carbonyl (C=O) groups excluding carboxylic acids is 1. The number of hydrogen-bond donors (Lipinski definition) is 1. The molecule has 1 amide bonds. The van der Waals surface area contributed by atoms with Gasteiger partial charge in [0.15, 0.2) is 0 Å². The van der Waals surface area contributed by atoms with Crippen LogP contribution in [0, 0.1) is 17.0 Å². The molecule has 4 aromatic rings. The summed E-state index contributed by atoms with van der Waals surface area (Å²) in [5.41, 5.74) is 4.86. The lowest BCUT2D eigenvalue weighted by molar-refractivity contribution is -0.384. The van der Waals surface area contributed by atoms with Gasteiger partial charge >= 0.3 is 0 Å². The Balaban J connectivity index is 1.38. The molecule has 0 heterocycles. The zero-order valence-corrected chi connectivity index (χ0v) is 23.4. The van der Waals surface area contributed by atoms with Crippen molar-refractivity contribution in [2.24, 2.45) is 5.10 Å². The summed E-state index contributed by atoms with van der Waals surface area (Å²) in [6.07, 6.45) is 1.41. The maximum atomic E-state index is 13.5. The number of nitro benzene ring substituents is 1. The molecule has 0 unspecified atom stereocenters. The van der Waals surface area contributed by atoms with Crippen LogP contribution in [-0.4, -0.2) is 32.0 Å². The first-order valence-electron chi connectivity index (χ1n) is 12.3. The second-order valence-corrected chi connectivity index (χ2v) is 11.1. The molecule has 10 nitrogen and oxygen atoms in total. The van der Waals surface area contributed by atoms with Gasteiger partial charge in [-0.2, -0.15) is 5.10 Å². The number of rotatable bonds is 11. The molecule has 4 aromatic carbocycles. The molecule has 0 radical (unpaired) electrons. The van der Waals surface area contributed by atoms with E-state index in [-0.39, 0.29) is 27.9 Å². The minimum Gasteiger partial charge on any atom is -0.489 e. The summed E-state index contributed by atoms with van der Waals surface area (Å²) in [7, 11) is -4.11. The van der Waals surface area contributed by atoms with Gasteiger partial charge < -0.3 is 4.74 Å². The average Bonchev–Trinajstić information content (AvgIpc) is 2.96. The number of ether oxygens (including phenoxy) is 1. The lowest BCUT2D eigenvalue weighted by Crippen LogP contribution is -2.39. The fourth-order valence-corrected chi connectivity index (χ4v) is 5.39. The Labute approximate surface area is 242 Å². The van der Waals surface area contributed by atoms with Crippen molar-refractivity contribution < 1.29 is 22.9 Å². The van der Waals surface area contributed by atoms with Crippen molar-refractivity contribution in [3.63, 3.8) is 0 Å². The molecule has 0 bridgehead atoms. The zero-order valence-electron chi connectivity index (χ0n) is 21.8. The third-order valence-corrected chi connectivity index (χ3v) is 7.95. The van der Waals surface area contributed by atoms with Crippen LogP contribution in [0.4, 0.5) is 11.4 Å². The summed E-state index contributed by atoms with van der Waals surface area (Å²) in [6.45, 7) is 1.53. The largest absolute Gasteiger partial charge is 0.489 e. The standard InChI is InChI=1S/C29H25ClN4O6S/c1-21-6-16-26(17-7-21)41(38,39)33(28-5-3-2-4-27(28)30)19-29(35)32-31-18-22-10-14-25(15-11-22)40-20-23-8-12-24(13-9-23)34(36)37/h2-18H,19-20H2,1H3,(H,32,35). The van der Waals surface area contributed by atoms with E-state index in [4.69, 9.17) is 16.3 Å². The fourth-order valence-electron chi connectivity index (χ4n) is 3.67. The average molecular weight is 593 g/mol. The lowest BCUT2D eigenvalue weighted by atomic mass is 10.2. The molecule has 41 heavy (non-hydrogen) atoms. The van der Waals surface area contributed by atoms with E-state index in [2.05, 4.69) is 10.5 Å². The van der Waals surface area contributed by atoms with Gasteiger partial charge in [0, 0.05) is 12.1 Å². The van der Waals surface area contributed by atoms with Crippen LogP contribution in [0.1, 0.15) is 16.7 Å². The maximum Gasteiger partial charge on any atom is 0.269 e. The van der Waals surface area contributed by atoms with Gasteiger partial charge in [0.2, 0.25) is 0 Å². The van der Waals surface area contributed by atoms with Crippen molar-refractivity contribution in [2.75, 3.05) is 10.8 Å². The maximum absolute atomic E-state index is 13.5. The summed E-state index contributed by atoms with van der Waals surface area (Å²) >= 11 is 6.29. The van der Waals surface area contributed by atoms with Gasteiger partial charge in [-0.15, -0.1) is 0 Å². The van der Waals surface area contributed by atoms with Crippen LogP contribution in [0.3, 0.4) is 0 Å². The molecule has 1 N–H and O–H groups in total. The number of sulfonamides is 1. The second-order valence-electron chi connectivity index (χ2n) is 8.85. The van der Waals surface area contributed by atoms with E-state index in [9.17, 15) is 23.3 Å². The first-order chi connectivity index (χ1) is 19.6. The number of amides is 1. The number of nitro groups is 1. The topological polar surface area (TPSA) is 131 Å². The van der Waals surface area contributed by atoms with Crippen LogP contribution >= 0.6 is 11.6 Å². The van der Waals surface area contributed by atoms with E-state index in [0.29, 0.717) is 11.3 Å². The number of nitrogens with zero attached hydrogens (tertiary/aromatic N) is 3. The number of non-ortho nitro benzene ring substituents is 1. The number of hydrogen-bond acceptors (Lipinski definition) is 7. The van der Waals surface area contributed by atoms with Crippen LogP contribution in [0.5, 0.6) is 5.75 Å². The van der Waals surface area contributed by atoms with Gasteiger partial charge in [0.25, 0.3) is 21.6 Å². The second kappa shape index (κ2) is 13.1. The Hall–Kier alpha value is -4.74. The van der Waals surface area contributed by atoms with Crippen LogP contribution in [0.25, 0.3) is 0 Å². The smallest absolute Gasteiger partial charge is 0.269 e. The first kappa shape index (κ1) is 29.2. The number of anilines is 1. The normalized spacial score (nSPS) is 11.3. The molecule has 210 valence electrons. The molecule has 0 atom stereocenters. The Kier molecular flexibility index (Phi) is 9.33. The molecule has 4 rings (SSSR count). The number of benzene rings is 4. The molecule has 12 heteroatoms. The van der Waals surface area contributed by atoms with Crippen molar-refractivity contribution in [3.8, 4) is 5.75 Å². The Morgan fingerprint density at radius 1 is 1.00 bits per heavy atom. The zero-order chi connectivity index (χ0) is 29.4. The predicted octanol–water partition coefficient (Wildman–Crippen LogP) is 5.48. The lowest BCUT2D eigenvalue weighted by Gasteiger charge is -2.24. The van der Waals surface area contributed by atoms with Crippen molar-refractivity contribution in [1.82, 2.24) is 5.43 Å². The van der Waals surface area contributed by atoms with Crippen molar-refractivity contribution in [2.45, 2.75) is 18.4 Å². The number of hydrazone groups is 1. The molecule has 0 aliphatic rings. The monoisotopic (exact) mass is 592 g/mol. The molecule has 0 saturated carbocycles. The highest BCUT2D eigenvalue weighted by atomic mass is 35.5. The highest BCUT2D eigenvalue weighted by Gasteiger charge is 2.28. The number of carbonyl (C=O) groups is 1. The molecular weight excluding hydrogens is 568 g/mol. The number of para-hydroxylation sites is 1. The summed E-state index contributed by atoms with van der Waals surface area (Å²) in [5.74, 6) is -0.0962. The van der Waals surface area contributed by atoms with E-state index < -0.39 is 27.4 Å². The van der Waals surface area contributed by atoms with Crippen LogP contribution in [0.2, 0.25) is 5.02 Å². The van der Waals surface area contributed by atoms with Crippen molar-refractivity contribution in [1.29, 1.82) is 0 Å². The highest BCUT2D eigenvalue weighted by Crippen LogP contribution is 2.30. The van der Waals surface area contributed by atoms with Crippen LogP contribution in [-0.2, 0) is 21.4 Å². The fraction of sp³-hybridized carbons (Fsp3) is 0.103. The first-order valence-corrected chi connectivity index (χ1v) is 14.1. The van der Waals surface area contributed by atoms with Gasteiger partial charge in [-0.25, -0.2) is 13.8 Å². The predicted molar refractivity (Wildman–Crippen MR) is 157 cm³/mol. The summed E-state index contributed by atoms with van der Waals surface area (Å²) < 4.78 is 33.6. The molecule has 0 aliphatic carbocycles. The Morgan fingerprint density at radius 3 is 2.29 bits per heavy atom. The minimum atomic E-state index is -4.11. The summed E-state index contributed by atoms with van der Waals surface area (Å²) in [5, 5.41) is 14.9. The number of nitrogens with one attached hydrogen (secondary N) is 1. The van der Waals surface area contributed by atoms with E-state index >= 15 is 0 Å². The third-order valence-electron chi connectivity index (χ3n) is 5.85.